The topological polar surface area (TPSA) is 68.1 Å². The minimum atomic E-state index is -0.346. The number of aryl methyl sites for hydroxylation is 1. The van der Waals surface area contributed by atoms with Gasteiger partial charge in [-0.05, 0) is 50.4 Å². The van der Waals surface area contributed by atoms with Gasteiger partial charge in [-0.1, -0.05) is 0 Å². The van der Waals surface area contributed by atoms with Crippen molar-refractivity contribution in [3.8, 4) is 0 Å². The molecule has 0 amide bonds. The van der Waals surface area contributed by atoms with E-state index in [0.29, 0.717) is 11.4 Å². The van der Waals surface area contributed by atoms with Crippen molar-refractivity contribution in [1.82, 2.24) is 4.98 Å². The van der Waals surface area contributed by atoms with Crippen molar-refractivity contribution >= 4 is 11.5 Å². The van der Waals surface area contributed by atoms with Crippen molar-refractivity contribution in [3.05, 3.63) is 27.9 Å². The van der Waals surface area contributed by atoms with Crippen LogP contribution in [0.15, 0.2) is 12.3 Å². The van der Waals surface area contributed by atoms with Crippen LogP contribution in [0.3, 0.4) is 0 Å². The molecule has 5 nitrogen and oxygen atoms in total. The van der Waals surface area contributed by atoms with E-state index in [1.54, 1.807) is 19.2 Å². The Kier molecular flexibility index (Phi) is 3.12. The Morgan fingerprint density at radius 1 is 1.42 bits per heavy atom. The van der Waals surface area contributed by atoms with Gasteiger partial charge in [0, 0.05) is 18.3 Å². The van der Waals surface area contributed by atoms with E-state index in [-0.39, 0.29) is 10.6 Å². The number of nitro groups is 1. The van der Waals surface area contributed by atoms with Gasteiger partial charge in [0.15, 0.2) is 0 Å². The monoisotopic (exact) mass is 261 g/mol. The predicted octanol–water partition coefficient (Wildman–Crippen LogP) is 3.15. The van der Waals surface area contributed by atoms with Gasteiger partial charge in [0.25, 0.3) is 5.69 Å². The summed E-state index contributed by atoms with van der Waals surface area (Å²) in [5.74, 6) is 3.12. The van der Waals surface area contributed by atoms with Crippen molar-refractivity contribution in [3.63, 3.8) is 0 Å². The fourth-order valence-corrected chi connectivity index (χ4v) is 2.80. The average molecular weight is 261 g/mol. The number of hydrogen-bond acceptors (Lipinski definition) is 4. The summed E-state index contributed by atoms with van der Waals surface area (Å²) in [5, 5.41) is 14.2. The number of nitrogens with zero attached hydrogens (tertiary/aromatic N) is 2. The maximum absolute atomic E-state index is 10.9. The van der Waals surface area contributed by atoms with Crippen LogP contribution in [0.5, 0.6) is 0 Å². The molecule has 0 aromatic carbocycles. The highest BCUT2D eigenvalue weighted by Gasteiger charge is 2.41. The van der Waals surface area contributed by atoms with E-state index < -0.39 is 0 Å². The molecule has 2 fully saturated rings. The van der Waals surface area contributed by atoms with Crippen LogP contribution in [0.25, 0.3) is 0 Å². The third kappa shape index (κ3) is 2.85. The highest BCUT2D eigenvalue weighted by atomic mass is 16.6. The molecule has 0 spiro atoms. The number of nitrogens with one attached hydrogen (secondary N) is 1. The lowest BCUT2D eigenvalue weighted by Crippen LogP contribution is -2.18. The minimum Gasteiger partial charge on any atom is -0.370 e. The molecule has 1 aromatic rings. The third-order valence-electron chi connectivity index (χ3n) is 4.25. The smallest absolute Gasteiger partial charge is 0.277 e. The van der Waals surface area contributed by atoms with Gasteiger partial charge in [-0.25, -0.2) is 4.98 Å². The molecule has 0 bridgehead atoms. The maximum atomic E-state index is 10.9. The Balaban J connectivity index is 1.65. The van der Waals surface area contributed by atoms with Gasteiger partial charge < -0.3 is 5.32 Å². The summed E-state index contributed by atoms with van der Waals surface area (Å²) in [6, 6.07) is 1.55. The molecule has 1 N–H and O–H groups in total. The zero-order valence-electron chi connectivity index (χ0n) is 11.1. The molecule has 0 saturated heterocycles. The first-order chi connectivity index (χ1) is 9.15. The van der Waals surface area contributed by atoms with Crippen molar-refractivity contribution in [2.75, 3.05) is 11.9 Å². The number of anilines is 1. The first kappa shape index (κ1) is 12.4. The molecule has 0 atom stereocenters. The van der Waals surface area contributed by atoms with Gasteiger partial charge in [0.1, 0.15) is 5.82 Å². The van der Waals surface area contributed by atoms with E-state index in [2.05, 4.69) is 10.3 Å². The predicted molar refractivity (Wildman–Crippen MR) is 73.1 cm³/mol. The zero-order chi connectivity index (χ0) is 13.4. The van der Waals surface area contributed by atoms with Gasteiger partial charge in [-0.2, -0.15) is 0 Å². The molecule has 2 saturated carbocycles. The summed E-state index contributed by atoms with van der Waals surface area (Å²) in [7, 11) is 0. The average Bonchev–Trinajstić information content (AvgIpc) is 3.25. The van der Waals surface area contributed by atoms with Crippen molar-refractivity contribution < 1.29 is 4.92 Å². The second-order valence-electron chi connectivity index (χ2n) is 5.83. The van der Waals surface area contributed by atoms with E-state index in [0.717, 1.165) is 24.3 Å². The fraction of sp³-hybridized carbons (Fsp3) is 0.643. The van der Waals surface area contributed by atoms with Gasteiger partial charge in [-0.15, -0.1) is 0 Å². The van der Waals surface area contributed by atoms with Crippen LogP contribution in [0.1, 0.15) is 31.2 Å². The van der Waals surface area contributed by atoms with Crippen LogP contribution in [-0.2, 0) is 0 Å². The van der Waals surface area contributed by atoms with Gasteiger partial charge in [0.2, 0.25) is 0 Å². The summed E-state index contributed by atoms with van der Waals surface area (Å²) in [6.45, 7) is 2.62. The quantitative estimate of drug-likeness (QED) is 0.631. The molecule has 5 heteroatoms. The zero-order valence-corrected chi connectivity index (χ0v) is 11.1. The highest BCUT2D eigenvalue weighted by Crippen LogP contribution is 2.49. The van der Waals surface area contributed by atoms with Gasteiger partial charge >= 0.3 is 0 Å². The normalized spacial score (nSPS) is 18.6. The maximum Gasteiger partial charge on any atom is 0.277 e. The summed E-state index contributed by atoms with van der Waals surface area (Å²) in [6.07, 6.45) is 6.98. The highest BCUT2D eigenvalue weighted by molar-refractivity contribution is 5.48. The van der Waals surface area contributed by atoms with E-state index in [4.69, 9.17) is 0 Å². The summed E-state index contributed by atoms with van der Waals surface area (Å²) >= 11 is 0. The summed E-state index contributed by atoms with van der Waals surface area (Å²) < 4.78 is 0. The molecule has 0 radical (unpaired) electrons. The van der Waals surface area contributed by atoms with Crippen LogP contribution in [0.2, 0.25) is 0 Å². The Hall–Kier alpha value is -1.65. The third-order valence-corrected chi connectivity index (χ3v) is 4.25. The number of rotatable bonds is 6. The summed E-state index contributed by atoms with van der Waals surface area (Å²) in [4.78, 5) is 14.8. The lowest BCUT2D eigenvalue weighted by atomic mass is 9.98. The van der Waals surface area contributed by atoms with Gasteiger partial charge in [0.05, 0.1) is 11.0 Å². The van der Waals surface area contributed by atoms with Crippen LogP contribution in [0, 0.1) is 34.8 Å². The Labute approximate surface area is 112 Å². The minimum absolute atomic E-state index is 0.145. The van der Waals surface area contributed by atoms with Crippen molar-refractivity contribution in [2.45, 2.75) is 32.6 Å². The molecule has 102 valence electrons. The second-order valence-corrected chi connectivity index (χ2v) is 5.83. The van der Waals surface area contributed by atoms with E-state index >= 15 is 0 Å². The van der Waals surface area contributed by atoms with Crippen LogP contribution in [-0.4, -0.2) is 16.5 Å². The lowest BCUT2D eigenvalue weighted by molar-refractivity contribution is -0.385. The summed E-state index contributed by atoms with van der Waals surface area (Å²) in [5.41, 5.74) is 0.753. The van der Waals surface area contributed by atoms with Crippen LogP contribution in [0.4, 0.5) is 11.5 Å². The largest absolute Gasteiger partial charge is 0.370 e. The Morgan fingerprint density at radius 2 is 2.05 bits per heavy atom. The van der Waals surface area contributed by atoms with Crippen LogP contribution >= 0.6 is 0 Å². The molecule has 19 heavy (non-hydrogen) atoms. The number of pyridine rings is 1. The molecule has 2 aliphatic rings. The van der Waals surface area contributed by atoms with Gasteiger partial charge in [-0.3, -0.25) is 10.1 Å². The molecule has 3 rings (SSSR count). The first-order valence-corrected chi connectivity index (χ1v) is 7.00. The number of hydrogen-bond donors (Lipinski definition) is 1. The van der Waals surface area contributed by atoms with Crippen molar-refractivity contribution in [1.29, 1.82) is 0 Å². The second kappa shape index (κ2) is 4.79. The fourth-order valence-electron chi connectivity index (χ4n) is 2.80. The SMILES string of the molecule is Cc1cnc(NCC(C2CC2)C2CC2)cc1[N+](=O)[O-]. The molecule has 0 unspecified atom stereocenters. The molecule has 0 aliphatic heterocycles. The standard InChI is InChI=1S/C14H19N3O2/c1-9-7-15-14(6-13(9)17(18)19)16-8-12(10-2-3-10)11-4-5-11/h6-7,10-12H,2-5,8H2,1H3,(H,15,16). The first-order valence-electron chi connectivity index (χ1n) is 7.00. The van der Waals surface area contributed by atoms with Crippen LogP contribution < -0.4 is 5.32 Å². The number of aromatic nitrogens is 1. The van der Waals surface area contributed by atoms with E-state index in [1.165, 1.54) is 25.7 Å². The molecular formula is C14H19N3O2. The molecular weight excluding hydrogens is 242 g/mol. The Morgan fingerprint density at radius 3 is 2.58 bits per heavy atom. The van der Waals surface area contributed by atoms with E-state index in [9.17, 15) is 10.1 Å². The lowest BCUT2D eigenvalue weighted by Gasteiger charge is -2.16. The molecule has 1 aromatic heterocycles. The molecule has 1 heterocycles. The Bertz CT molecular complexity index is 483. The van der Waals surface area contributed by atoms with Crippen molar-refractivity contribution in [2.24, 2.45) is 17.8 Å². The molecule has 2 aliphatic carbocycles. The van der Waals surface area contributed by atoms with E-state index in [1.807, 2.05) is 0 Å².